The van der Waals surface area contributed by atoms with Crippen LogP contribution < -0.4 is 15.2 Å². The first-order valence-corrected chi connectivity index (χ1v) is 6.99. The highest BCUT2D eigenvalue weighted by Gasteiger charge is 2.04. The largest absolute Gasteiger partial charge is 0.497 e. The summed E-state index contributed by atoms with van der Waals surface area (Å²) >= 11 is 6.41. The summed E-state index contributed by atoms with van der Waals surface area (Å²) in [6.07, 6.45) is 0.727. The molecular weight excluding hydrogens is 280 g/mol. The molecule has 0 aliphatic rings. The van der Waals surface area contributed by atoms with Gasteiger partial charge in [0.05, 0.1) is 18.7 Å². The highest BCUT2D eigenvalue weighted by Crippen LogP contribution is 2.19. The minimum absolute atomic E-state index is 0.330. The number of hydrogen-bond acceptors (Lipinski definition) is 5. The average molecular weight is 294 g/mol. The number of aromatic nitrogens is 1. The number of thiazole rings is 1. The summed E-state index contributed by atoms with van der Waals surface area (Å²) in [6, 6.07) is 7.51. The third-order valence-corrected chi connectivity index (χ3v) is 3.55. The van der Waals surface area contributed by atoms with E-state index < -0.39 is 0 Å². The molecule has 0 spiro atoms. The van der Waals surface area contributed by atoms with Crippen molar-refractivity contribution in [3.63, 3.8) is 0 Å². The highest BCUT2D eigenvalue weighted by atomic mass is 32.1. The maximum atomic E-state index is 5.64. The van der Waals surface area contributed by atoms with Crippen LogP contribution in [-0.4, -0.2) is 23.7 Å². The Kier molecular flexibility index (Phi) is 4.70. The Hall–Kier alpha value is -1.66. The predicted octanol–water partition coefficient (Wildman–Crippen LogP) is 2.41. The first-order chi connectivity index (χ1) is 9.19. The van der Waals surface area contributed by atoms with E-state index in [1.54, 1.807) is 7.11 Å². The first-order valence-electron chi connectivity index (χ1n) is 5.70. The first kappa shape index (κ1) is 13.8. The molecule has 1 aromatic heterocycles. The van der Waals surface area contributed by atoms with Gasteiger partial charge in [-0.15, -0.1) is 11.3 Å². The van der Waals surface area contributed by atoms with Crippen LogP contribution in [0.2, 0.25) is 0 Å². The smallest absolute Gasteiger partial charge is 0.123 e. The van der Waals surface area contributed by atoms with Crippen LogP contribution in [-0.2, 0) is 6.42 Å². The van der Waals surface area contributed by atoms with Crippen molar-refractivity contribution in [2.45, 2.75) is 6.42 Å². The molecule has 6 heteroatoms. The van der Waals surface area contributed by atoms with Gasteiger partial charge in [0.25, 0.3) is 0 Å². The van der Waals surface area contributed by atoms with E-state index in [-0.39, 0.29) is 0 Å². The zero-order valence-corrected chi connectivity index (χ0v) is 12.1. The lowest BCUT2D eigenvalue weighted by atomic mass is 10.3. The van der Waals surface area contributed by atoms with Crippen molar-refractivity contribution >= 4 is 28.5 Å². The van der Waals surface area contributed by atoms with Gasteiger partial charge >= 0.3 is 0 Å². The fourth-order valence-corrected chi connectivity index (χ4v) is 2.44. The van der Waals surface area contributed by atoms with Crippen molar-refractivity contribution in [2.75, 3.05) is 13.7 Å². The van der Waals surface area contributed by atoms with E-state index in [0.717, 1.165) is 22.9 Å². The van der Waals surface area contributed by atoms with Crippen molar-refractivity contribution in [1.29, 1.82) is 0 Å². The zero-order chi connectivity index (χ0) is 13.7. The monoisotopic (exact) mass is 294 g/mol. The molecule has 2 rings (SSSR count). The number of methoxy groups -OCH3 is 1. The van der Waals surface area contributed by atoms with Crippen LogP contribution in [0.5, 0.6) is 11.5 Å². The van der Waals surface area contributed by atoms with Crippen LogP contribution in [0.1, 0.15) is 10.7 Å². The molecule has 0 aliphatic carbocycles. The summed E-state index contributed by atoms with van der Waals surface area (Å²) in [6.45, 7) is 0.553. The van der Waals surface area contributed by atoms with Crippen LogP contribution in [0.15, 0.2) is 29.6 Å². The summed E-state index contributed by atoms with van der Waals surface area (Å²) in [5.41, 5.74) is 6.19. The second-order valence-electron chi connectivity index (χ2n) is 3.77. The van der Waals surface area contributed by atoms with Gasteiger partial charge in [0.1, 0.15) is 22.2 Å². The lowest BCUT2D eigenvalue weighted by molar-refractivity contribution is 0.319. The molecule has 0 fully saturated rings. The molecule has 1 heterocycles. The minimum atomic E-state index is 0.330. The van der Waals surface area contributed by atoms with E-state index in [1.807, 2.05) is 29.6 Å². The molecule has 0 aliphatic heterocycles. The number of hydrogen-bond donors (Lipinski definition) is 1. The van der Waals surface area contributed by atoms with Crippen molar-refractivity contribution in [2.24, 2.45) is 5.73 Å². The molecule has 0 radical (unpaired) electrons. The van der Waals surface area contributed by atoms with Crippen LogP contribution in [0, 0.1) is 0 Å². The van der Waals surface area contributed by atoms with Crippen LogP contribution in [0.4, 0.5) is 0 Å². The van der Waals surface area contributed by atoms with Crippen molar-refractivity contribution in [3.05, 3.63) is 40.3 Å². The Balaban J connectivity index is 1.86. The van der Waals surface area contributed by atoms with Gasteiger partial charge in [-0.1, -0.05) is 18.3 Å². The molecular formula is C13H14N2O2S2. The van der Waals surface area contributed by atoms with Gasteiger partial charge in [-0.25, -0.2) is 4.98 Å². The Morgan fingerprint density at radius 2 is 2.21 bits per heavy atom. The summed E-state index contributed by atoms with van der Waals surface area (Å²) in [7, 11) is 1.63. The summed E-state index contributed by atoms with van der Waals surface area (Å²) < 4.78 is 10.8. The number of thiocarbonyl (C=S) groups is 1. The van der Waals surface area contributed by atoms with E-state index in [9.17, 15) is 0 Å². The number of nitrogens with zero attached hydrogens (tertiary/aromatic N) is 1. The Morgan fingerprint density at radius 3 is 2.89 bits per heavy atom. The fourth-order valence-electron chi connectivity index (χ4n) is 1.49. The lowest BCUT2D eigenvalue weighted by Crippen LogP contribution is -2.10. The van der Waals surface area contributed by atoms with E-state index in [0.29, 0.717) is 17.3 Å². The summed E-state index contributed by atoms with van der Waals surface area (Å²) in [5, 5.41) is 2.83. The standard InChI is InChI=1S/C13H14N2O2S2/c1-16-9-3-2-4-10(7-9)17-6-5-12-15-11(8-19-12)13(14)18/h2-4,7-8H,5-6H2,1H3,(H2,14,18). The molecule has 4 nitrogen and oxygen atoms in total. The number of benzene rings is 1. The Morgan fingerprint density at radius 1 is 1.42 bits per heavy atom. The molecule has 0 amide bonds. The normalized spacial score (nSPS) is 10.2. The molecule has 100 valence electrons. The van der Waals surface area contributed by atoms with E-state index in [1.165, 1.54) is 11.3 Å². The van der Waals surface area contributed by atoms with E-state index in [2.05, 4.69) is 4.98 Å². The second-order valence-corrected chi connectivity index (χ2v) is 5.15. The molecule has 0 atom stereocenters. The quantitative estimate of drug-likeness (QED) is 0.829. The van der Waals surface area contributed by atoms with Crippen molar-refractivity contribution in [3.8, 4) is 11.5 Å². The molecule has 0 bridgehead atoms. The van der Waals surface area contributed by atoms with Gasteiger partial charge in [-0.3, -0.25) is 0 Å². The molecule has 2 N–H and O–H groups in total. The molecule has 1 aromatic carbocycles. The third kappa shape index (κ3) is 3.90. The van der Waals surface area contributed by atoms with Crippen LogP contribution >= 0.6 is 23.6 Å². The minimum Gasteiger partial charge on any atom is -0.497 e. The summed E-state index contributed by atoms with van der Waals surface area (Å²) in [4.78, 5) is 4.65. The number of ether oxygens (including phenoxy) is 2. The average Bonchev–Trinajstić information content (AvgIpc) is 2.88. The Labute approximate surface area is 121 Å². The molecule has 19 heavy (non-hydrogen) atoms. The van der Waals surface area contributed by atoms with Gasteiger partial charge in [0.15, 0.2) is 0 Å². The number of rotatable bonds is 6. The second kappa shape index (κ2) is 6.49. The molecule has 0 saturated carbocycles. The molecule has 0 unspecified atom stereocenters. The maximum Gasteiger partial charge on any atom is 0.123 e. The maximum absolute atomic E-state index is 5.64. The van der Waals surface area contributed by atoms with E-state index in [4.69, 9.17) is 27.4 Å². The van der Waals surface area contributed by atoms with Gasteiger partial charge < -0.3 is 15.2 Å². The van der Waals surface area contributed by atoms with Crippen molar-refractivity contribution < 1.29 is 9.47 Å². The highest BCUT2D eigenvalue weighted by molar-refractivity contribution is 7.80. The Bertz CT molecular complexity index is 569. The molecule has 0 saturated heterocycles. The van der Waals surface area contributed by atoms with E-state index >= 15 is 0 Å². The van der Waals surface area contributed by atoms with Crippen molar-refractivity contribution in [1.82, 2.24) is 4.98 Å². The third-order valence-electron chi connectivity index (χ3n) is 2.43. The SMILES string of the molecule is COc1cccc(OCCc2nc(C(N)=S)cs2)c1. The van der Waals surface area contributed by atoms with Gasteiger partial charge in [-0.05, 0) is 12.1 Å². The lowest BCUT2D eigenvalue weighted by Gasteiger charge is -2.06. The zero-order valence-electron chi connectivity index (χ0n) is 10.5. The fraction of sp³-hybridized carbons (Fsp3) is 0.231. The summed E-state index contributed by atoms with van der Waals surface area (Å²) in [5.74, 6) is 1.56. The molecule has 2 aromatic rings. The number of nitrogens with two attached hydrogens (primary N) is 1. The predicted molar refractivity (Wildman–Crippen MR) is 80.2 cm³/mol. The van der Waals surface area contributed by atoms with Gasteiger partial charge in [-0.2, -0.15) is 0 Å². The van der Waals surface area contributed by atoms with Gasteiger partial charge in [0, 0.05) is 17.9 Å². The topological polar surface area (TPSA) is 57.4 Å². The van der Waals surface area contributed by atoms with Gasteiger partial charge in [0.2, 0.25) is 0 Å². The van der Waals surface area contributed by atoms with Crippen LogP contribution in [0.25, 0.3) is 0 Å². The van der Waals surface area contributed by atoms with Crippen LogP contribution in [0.3, 0.4) is 0 Å².